The number of pyridine rings is 1. The Kier molecular flexibility index (Phi) is 5.30. The lowest BCUT2D eigenvalue weighted by Gasteiger charge is -2.10. The molecule has 0 bridgehead atoms. The Bertz CT molecular complexity index is 1330. The van der Waals surface area contributed by atoms with Crippen molar-refractivity contribution in [3.63, 3.8) is 0 Å². The van der Waals surface area contributed by atoms with E-state index in [1.54, 1.807) is 18.2 Å². The summed E-state index contributed by atoms with van der Waals surface area (Å²) in [5, 5.41) is 0.608. The molecule has 0 saturated carbocycles. The van der Waals surface area contributed by atoms with Gasteiger partial charge in [0, 0.05) is 18.0 Å². The largest absolute Gasteiger partial charge is 0.457 e. The standard InChI is InChI=1S/C23H21ClN2O3S/c1-15(2)21-22(26-13-5-8-20(24)23(26)25-21)16-9-11-17(12-10-16)29-18-6-4-7-19(14-18)30(3,27)28/h4-15H,1-3H3. The third-order valence-corrected chi connectivity index (χ3v) is 6.18. The Hall–Kier alpha value is -2.83. The third kappa shape index (κ3) is 3.93. The maximum Gasteiger partial charge on any atom is 0.175 e. The number of sulfone groups is 1. The fourth-order valence-electron chi connectivity index (χ4n) is 3.33. The molecule has 0 fully saturated rings. The summed E-state index contributed by atoms with van der Waals surface area (Å²) in [6.07, 6.45) is 3.13. The molecule has 0 aliphatic heterocycles. The summed E-state index contributed by atoms with van der Waals surface area (Å²) in [6, 6.07) is 17.8. The molecule has 0 saturated heterocycles. The Morgan fingerprint density at radius 3 is 2.40 bits per heavy atom. The van der Waals surface area contributed by atoms with Crippen molar-refractivity contribution < 1.29 is 13.2 Å². The van der Waals surface area contributed by atoms with Gasteiger partial charge in [-0.25, -0.2) is 13.4 Å². The van der Waals surface area contributed by atoms with E-state index in [0.29, 0.717) is 16.5 Å². The molecule has 0 amide bonds. The molecule has 0 atom stereocenters. The van der Waals surface area contributed by atoms with Crippen LogP contribution in [0.3, 0.4) is 0 Å². The number of halogens is 1. The topological polar surface area (TPSA) is 60.7 Å². The molecule has 0 unspecified atom stereocenters. The number of hydrogen-bond acceptors (Lipinski definition) is 4. The molecule has 2 heterocycles. The molecule has 5 nitrogen and oxygen atoms in total. The summed E-state index contributed by atoms with van der Waals surface area (Å²) in [5.74, 6) is 1.31. The van der Waals surface area contributed by atoms with E-state index in [-0.39, 0.29) is 10.8 Å². The Morgan fingerprint density at radius 1 is 1.00 bits per heavy atom. The van der Waals surface area contributed by atoms with E-state index in [0.717, 1.165) is 22.6 Å². The van der Waals surface area contributed by atoms with Crippen LogP contribution in [0.1, 0.15) is 25.5 Å². The second-order valence-corrected chi connectivity index (χ2v) is 9.85. The Labute approximate surface area is 180 Å². The first-order valence-electron chi connectivity index (χ1n) is 9.49. The summed E-state index contributed by atoms with van der Waals surface area (Å²) in [6.45, 7) is 4.21. The van der Waals surface area contributed by atoms with E-state index in [1.165, 1.54) is 12.3 Å². The molecule has 2 aromatic heterocycles. The Morgan fingerprint density at radius 2 is 1.73 bits per heavy atom. The highest BCUT2D eigenvalue weighted by Gasteiger charge is 2.18. The zero-order chi connectivity index (χ0) is 21.5. The van der Waals surface area contributed by atoms with Gasteiger partial charge in [-0.3, -0.25) is 4.40 Å². The van der Waals surface area contributed by atoms with E-state index in [1.807, 2.05) is 47.0 Å². The van der Waals surface area contributed by atoms with Crippen LogP contribution in [0, 0.1) is 0 Å². The molecule has 0 N–H and O–H groups in total. The quantitative estimate of drug-likeness (QED) is 0.383. The number of benzene rings is 2. The van der Waals surface area contributed by atoms with Gasteiger partial charge in [-0.15, -0.1) is 0 Å². The number of fused-ring (bicyclic) bond motifs is 1. The molecule has 154 valence electrons. The second-order valence-electron chi connectivity index (χ2n) is 7.42. The summed E-state index contributed by atoms with van der Waals surface area (Å²) in [7, 11) is -3.29. The van der Waals surface area contributed by atoms with Crippen LogP contribution in [0.15, 0.2) is 71.8 Å². The van der Waals surface area contributed by atoms with Gasteiger partial charge >= 0.3 is 0 Å². The van der Waals surface area contributed by atoms with Crippen molar-refractivity contribution in [1.82, 2.24) is 9.38 Å². The number of ether oxygens (including phenoxy) is 1. The summed E-state index contributed by atoms with van der Waals surface area (Å²) in [4.78, 5) is 4.98. The van der Waals surface area contributed by atoms with Crippen LogP contribution in [0.2, 0.25) is 5.02 Å². The third-order valence-electron chi connectivity index (χ3n) is 4.77. The van der Waals surface area contributed by atoms with Crippen LogP contribution >= 0.6 is 11.6 Å². The number of aromatic nitrogens is 2. The smallest absolute Gasteiger partial charge is 0.175 e. The molecule has 0 radical (unpaired) electrons. The fourth-order valence-corrected chi connectivity index (χ4v) is 4.19. The van der Waals surface area contributed by atoms with Gasteiger partial charge in [0.15, 0.2) is 15.5 Å². The highest BCUT2D eigenvalue weighted by atomic mass is 35.5. The van der Waals surface area contributed by atoms with Gasteiger partial charge in [-0.2, -0.15) is 0 Å². The van der Waals surface area contributed by atoms with Crippen molar-refractivity contribution in [2.75, 3.05) is 6.26 Å². The van der Waals surface area contributed by atoms with E-state index in [2.05, 4.69) is 13.8 Å². The van der Waals surface area contributed by atoms with Crippen molar-refractivity contribution in [1.29, 1.82) is 0 Å². The first kappa shape index (κ1) is 20.4. The van der Waals surface area contributed by atoms with E-state index in [4.69, 9.17) is 21.3 Å². The lowest BCUT2D eigenvalue weighted by molar-refractivity contribution is 0.481. The van der Waals surface area contributed by atoms with Crippen molar-refractivity contribution in [3.05, 3.63) is 77.6 Å². The van der Waals surface area contributed by atoms with E-state index >= 15 is 0 Å². The molecule has 2 aromatic carbocycles. The summed E-state index contributed by atoms with van der Waals surface area (Å²) < 4.78 is 31.4. The number of nitrogens with zero attached hydrogens (tertiary/aromatic N) is 2. The van der Waals surface area contributed by atoms with Crippen LogP contribution in [-0.4, -0.2) is 24.1 Å². The molecule has 7 heteroatoms. The molecule has 4 aromatic rings. The van der Waals surface area contributed by atoms with Gasteiger partial charge in [-0.05, 0) is 60.5 Å². The normalized spacial score (nSPS) is 11.9. The van der Waals surface area contributed by atoms with Crippen LogP contribution in [0.5, 0.6) is 11.5 Å². The van der Waals surface area contributed by atoms with Gasteiger partial charge in [-0.1, -0.05) is 31.5 Å². The minimum absolute atomic E-state index is 0.223. The van der Waals surface area contributed by atoms with Gasteiger partial charge in [0.05, 0.1) is 21.3 Å². The Balaban J connectivity index is 1.70. The van der Waals surface area contributed by atoms with Gasteiger partial charge in [0.2, 0.25) is 0 Å². The monoisotopic (exact) mass is 440 g/mol. The first-order chi connectivity index (χ1) is 14.2. The highest BCUT2D eigenvalue weighted by molar-refractivity contribution is 7.90. The highest BCUT2D eigenvalue weighted by Crippen LogP contribution is 2.34. The SMILES string of the molecule is CC(C)c1nc2c(Cl)cccn2c1-c1ccc(Oc2cccc(S(C)(=O)=O)c2)cc1. The molecular formula is C23H21ClN2O3S. The zero-order valence-electron chi connectivity index (χ0n) is 16.8. The van der Waals surface area contributed by atoms with E-state index < -0.39 is 9.84 Å². The second kappa shape index (κ2) is 7.78. The van der Waals surface area contributed by atoms with Gasteiger partial charge < -0.3 is 4.74 Å². The molecule has 0 spiro atoms. The summed E-state index contributed by atoms with van der Waals surface area (Å²) in [5.41, 5.74) is 3.69. The minimum Gasteiger partial charge on any atom is -0.457 e. The van der Waals surface area contributed by atoms with Crippen molar-refractivity contribution in [2.24, 2.45) is 0 Å². The van der Waals surface area contributed by atoms with Crippen LogP contribution in [-0.2, 0) is 9.84 Å². The van der Waals surface area contributed by atoms with Crippen LogP contribution in [0.25, 0.3) is 16.9 Å². The van der Waals surface area contributed by atoms with Crippen molar-refractivity contribution in [3.8, 4) is 22.8 Å². The minimum atomic E-state index is -3.29. The molecule has 30 heavy (non-hydrogen) atoms. The molecular weight excluding hydrogens is 420 g/mol. The lowest BCUT2D eigenvalue weighted by atomic mass is 10.0. The average Bonchev–Trinajstić information content (AvgIpc) is 3.10. The predicted molar refractivity (Wildman–Crippen MR) is 119 cm³/mol. The number of hydrogen-bond donors (Lipinski definition) is 0. The molecule has 0 aliphatic carbocycles. The van der Waals surface area contributed by atoms with E-state index in [9.17, 15) is 8.42 Å². The predicted octanol–water partition coefficient (Wildman–Crippen LogP) is 5.97. The number of imidazole rings is 1. The molecule has 4 rings (SSSR count). The first-order valence-corrected chi connectivity index (χ1v) is 11.8. The van der Waals surface area contributed by atoms with Crippen LogP contribution < -0.4 is 4.74 Å². The average molecular weight is 441 g/mol. The van der Waals surface area contributed by atoms with Crippen molar-refractivity contribution >= 4 is 27.1 Å². The van der Waals surface area contributed by atoms with Crippen molar-refractivity contribution in [2.45, 2.75) is 24.7 Å². The lowest BCUT2D eigenvalue weighted by Crippen LogP contribution is -1.97. The van der Waals surface area contributed by atoms with Crippen LogP contribution in [0.4, 0.5) is 0 Å². The molecule has 0 aliphatic rings. The summed E-state index contributed by atoms with van der Waals surface area (Å²) >= 11 is 6.35. The maximum atomic E-state index is 11.8. The fraction of sp³-hybridized carbons (Fsp3) is 0.174. The number of rotatable bonds is 5. The zero-order valence-corrected chi connectivity index (χ0v) is 18.4. The van der Waals surface area contributed by atoms with Gasteiger partial charge in [0.1, 0.15) is 11.5 Å². The van der Waals surface area contributed by atoms with Gasteiger partial charge in [0.25, 0.3) is 0 Å². The maximum absolute atomic E-state index is 11.8.